The molecule has 0 amide bonds. The van der Waals surface area contributed by atoms with Crippen molar-refractivity contribution in [1.82, 2.24) is 4.98 Å². The number of halogens is 3. The van der Waals surface area contributed by atoms with E-state index in [-0.39, 0.29) is 17.7 Å². The Labute approximate surface area is 124 Å². The number of hydrogen-bond donors (Lipinski definition) is 2. The fourth-order valence-electron chi connectivity index (χ4n) is 1.95. The quantitative estimate of drug-likeness (QED) is 0.762. The number of rotatable bonds is 7. The van der Waals surface area contributed by atoms with Gasteiger partial charge in [-0.05, 0) is 44.7 Å². The molecule has 1 atom stereocenters. The predicted molar refractivity (Wildman–Crippen MR) is 80.6 cm³/mol. The van der Waals surface area contributed by atoms with Gasteiger partial charge in [0.1, 0.15) is 11.6 Å². The molecular formula is C15H24F3N3. The van der Waals surface area contributed by atoms with Gasteiger partial charge in [0, 0.05) is 12.6 Å². The maximum Gasteiger partial charge on any atom is 0.416 e. The Morgan fingerprint density at radius 2 is 1.71 bits per heavy atom. The Morgan fingerprint density at radius 3 is 2.24 bits per heavy atom. The normalized spacial score (nSPS) is 13.3. The molecule has 0 radical (unpaired) electrons. The van der Waals surface area contributed by atoms with Crippen molar-refractivity contribution in [1.29, 1.82) is 0 Å². The average molecular weight is 303 g/mol. The lowest BCUT2D eigenvalue weighted by molar-refractivity contribution is -0.137. The summed E-state index contributed by atoms with van der Waals surface area (Å²) in [6.07, 6.45) is -2.45. The van der Waals surface area contributed by atoms with Gasteiger partial charge in [-0.1, -0.05) is 13.8 Å². The third-order valence-electron chi connectivity index (χ3n) is 3.08. The smallest absolute Gasteiger partial charge is 0.370 e. The van der Waals surface area contributed by atoms with Crippen LogP contribution in [0.3, 0.4) is 0 Å². The highest BCUT2D eigenvalue weighted by Gasteiger charge is 2.31. The van der Waals surface area contributed by atoms with Crippen LogP contribution in [0.5, 0.6) is 0 Å². The molecule has 0 saturated carbocycles. The maximum absolute atomic E-state index is 12.9. The zero-order chi connectivity index (χ0) is 16.0. The second-order valence-electron chi connectivity index (χ2n) is 5.67. The highest BCUT2D eigenvalue weighted by Crippen LogP contribution is 2.32. The Kier molecular flexibility index (Phi) is 6.30. The number of nitrogens with one attached hydrogen (secondary N) is 2. The first-order valence-electron chi connectivity index (χ1n) is 7.32. The first kappa shape index (κ1) is 17.6. The Morgan fingerprint density at radius 1 is 1.10 bits per heavy atom. The molecule has 1 rings (SSSR count). The molecule has 2 N–H and O–H groups in total. The van der Waals surface area contributed by atoms with Crippen LogP contribution in [0.1, 0.15) is 46.1 Å². The molecule has 3 nitrogen and oxygen atoms in total. The van der Waals surface area contributed by atoms with Crippen LogP contribution < -0.4 is 10.6 Å². The largest absolute Gasteiger partial charge is 0.416 e. The minimum Gasteiger partial charge on any atom is -0.370 e. The predicted octanol–water partition coefficient (Wildman–Crippen LogP) is 4.77. The Balaban J connectivity index is 2.87. The first-order chi connectivity index (χ1) is 9.72. The number of anilines is 2. The fraction of sp³-hybridized carbons (Fsp3) is 0.667. The summed E-state index contributed by atoms with van der Waals surface area (Å²) in [4.78, 5) is 4.18. The number of nitrogens with zero attached hydrogens (tertiary/aromatic N) is 1. The molecule has 0 bridgehead atoms. The molecule has 1 unspecified atom stereocenters. The molecule has 0 aliphatic rings. The van der Waals surface area contributed by atoms with Gasteiger partial charge in [-0.25, -0.2) is 4.98 Å². The lowest BCUT2D eigenvalue weighted by Gasteiger charge is -2.18. The molecule has 0 aliphatic carbocycles. The molecule has 0 aromatic carbocycles. The fourth-order valence-corrected chi connectivity index (χ4v) is 1.95. The van der Waals surface area contributed by atoms with Crippen molar-refractivity contribution in [3.8, 4) is 0 Å². The minimum absolute atomic E-state index is 0.0814. The van der Waals surface area contributed by atoms with E-state index >= 15 is 0 Å². The van der Waals surface area contributed by atoms with Crippen LogP contribution in [-0.4, -0.2) is 17.6 Å². The molecule has 6 heteroatoms. The van der Waals surface area contributed by atoms with Gasteiger partial charge in [-0.3, -0.25) is 0 Å². The summed E-state index contributed by atoms with van der Waals surface area (Å²) in [5.41, 5.74) is -0.688. The van der Waals surface area contributed by atoms with Crippen molar-refractivity contribution >= 4 is 11.6 Å². The van der Waals surface area contributed by atoms with Crippen LogP contribution in [0.25, 0.3) is 0 Å². The van der Waals surface area contributed by atoms with Crippen LogP contribution >= 0.6 is 0 Å². The topological polar surface area (TPSA) is 37.0 Å². The van der Waals surface area contributed by atoms with E-state index in [4.69, 9.17) is 0 Å². The van der Waals surface area contributed by atoms with Crippen molar-refractivity contribution in [2.24, 2.45) is 5.92 Å². The van der Waals surface area contributed by atoms with Gasteiger partial charge < -0.3 is 10.6 Å². The standard InChI is InChI=1S/C15H24F3N3/c1-5-19-13-8-12(15(16,17)18)9-14(21-13)20-11(4)7-6-10(2)3/h8-11H,5-7H2,1-4H3,(H2,19,20,21). The Bertz CT molecular complexity index is 444. The highest BCUT2D eigenvalue weighted by atomic mass is 19.4. The third kappa shape index (κ3) is 6.23. The SMILES string of the molecule is CCNc1cc(C(F)(F)F)cc(NC(C)CCC(C)C)n1. The molecule has 1 heterocycles. The number of hydrogen-bond acceptors (Lipinski definition) is 3. The van der Waals surface area contributed by atoms with Crippen LogP contribution in [0.4, 0.5) is 24.8 Å². The van der Waals surface area contributed by atoms with Crippen LogP contribution in [-0.2, 0) is 6.18 Å². The van der Waals surface area contributed by atoms with Crippen molar-refractivity contribution < 1.29 is 13.2 Å². The second-order valence-corrected chi connectivity index (χ2v) is 5.67. The van der Waals surface area contributed by atoms with Gasteiger partial charge in [0.25, 0.3) is 0 Å². The molecule has 0 spiro atoms. The molecule has 1 aromatic rings. The van der Waals surface area contributed by atoms with Gasteiger partial charge in [0.15, 0.2) is 0 Å². The van der Waals surface area contributed by atoms with Gasteiger partial charge >= 0.3 is 6.18 Å². The van der Waals surface area contributed by atoms with Crippen LogP contribution in [0, 0.1) is 5.92 Å². The summed E-state index contributed by atoms with van der Waals surface area (Å²) < 4.78 is 38.7. The zero-order valence-electron chi connectivity index (χ0n) is 13.0. The van der Waals surface area contributed by atoms with E-state index < -0.39 is 11.7 Å². The molecule has 120 valence electrons. The lowest BCUT2D eigenvalue weighted by atomic mass is 10.0. The zero-order valence-corrected chi connectivity index (χ0v) is 13.0. The number of pyridine rings is 1. The lowest BCUT2D eigenvalue weighted by Crippen LogP contribution is -2.18. The van der Waals surface area contributed by atoms with Gasteiger partial charge in [-0.15, -0.1) is 0 Å². The van der Waals surface area contributed by atoms with Crippen LogP contribution in [0.15, 0.2) is 12.1 Å². The van der Waals surface area contributed by atoms with Gasteiger partial charge in [-0.2, -0.15) is 13.2 Å². The average Bonchev–Trinajstić information content (AvgIpc) is 2.35. The van der Waals surface area contributed by atoms with E-state index in [1.54, 1.807) is 0 Å². The van der Waals surface area contributed by atoms with E-state index in [9.17, 15) is 13.2 Å². The molecule has 1 aromatic heterocycles. The highest BCUT2D eigenvalue weighted by molar-refractivity contribution is 5.50. The summed E-state index contributed by atoms with van der Waals surface area (Å²) in [6, 6.07) is 2.18. The second kappa shape index (κ2) is 7.52. The van der Waals surface area contributed by atoms with Gasteiger partial charge in [0.2, 0.25) is 0 Å². The van der Waals surface area contributed by atoms with Crippen molar-refractivity contribution in [3.05, 3.63) is 17.7 Å². The maximum atomic E-state index is 12.9. The molecular weight excluding hydrogens is 279 g/mol. The van der Waals surface area contributed by atoms with E-state index in [1.807, 2.05) is 13.8 Å². The monoisotopic (exact) mass is 303 g/mol. The summed E-state index contributed by atoms with van der Waals surface area (Å²) in [5, 5.41) is 5.89. The molecule has 0 aliphatic heterocycles. The molecule has 21 heavy (non-hydrogen) atoms. The van der Waals surface area contributed by atoms with Gasteiger partial charge in [0.05, 0.1) is 5.56 Å². The van der Waals surface area contributed by atoms with E-state index in [0.29, 0.717) is 12.5 Å². The number of aromatic nitrogens is 1. The minimum atomic E-state index is -4.37. The first-order valence-corrected chi connectivity index (χ1v) is 7.32. The van der Waals surface area contributed by atoms with Crippen molar-refractivity contribution in [2.75, 3.05) is 17.2 Å². The summed E-state index contributed by atoms with van der Waals surface area (Å²) in [6.45, 7) is 8.55. The van der Waals surface area contributed by atoms with Crippen LogP contribution in [0.2, 0.25) is 0 Å². The summed E-state index contributed by atoms with van der Waals surface area (Å²) >= 11 is 0. The summed E-state index contributed by atoms with van der Waals surface area (Å²) in [5.74, 6) is 1.07. The van der Waals surface area contributed by atoms with Crippen molar-refractivity contribution in [2.45, 2.75) is 52.8 Å². The molecule has 0 fully saturated rings. The molecule has 0 saturated heterocycles. The van der Waals surface area contributed by atoms with E-state index in [1.165, 1.54) is 0 Å². The van der Waals surface area contributed by atoms with E-state index in [2.05, 4.69) is 29.5 Å². The van der Waals surface area contributed by atoms with Crippen molar-refractivity contribution in [3.63, 3.8) is 0 Å². The Hall–Kier alpha value is -1.46. The summed E-state index contributed by atoms with van der Waals surface area (Å²) in [7, 11) is 0. The number of alkyl halides is 3. The van der Waals surface area contributed by atoms with E-state index in [0.717, 1.165) is 25.0 Å². The third-order valence-corrected chi connectivity index (χ3v) is 3.08.